The summed E-state index contributed by atoms with van der Waals surface area (Å²) in [5.41, 5.74) is 0. The van der Waals surface area contributed by atoms with Crippen LogP contribution in [0.25, 0.3) is 0 Å². The summed E-state index contributed by atoms with van der Waals surface area (Å²) in [4.78, 5) is 24.4. The number of nitrogens with two attached hydrogens (primary N) is 1. The highest BCUT2D eigenvalue weighted by Gasteiger charge is 2.23. The van der Waals surface area contributed by atoms with Crippen LogP contribution in [-0.4, -0.2) is 40.5 Å². The Balaban J connectivity index is 4.82. The van der Waals surface area contributed by atoms with Gasteiger partial charge in [0.1, 0.15) is 4.86 Å². The number of esters is 2. The average Bonchev–Trinajstić information content (AvgIpc) is 2.65. The van der Waals surface area contributed by atoms with Gasteiger partial charge in [0, 0.05) is 16.0 Å². The van der Waals surface area contributed by atoms with E-state index in [0.29, 0.717) is 12.5 Å². The fourth-order valence-electron chi connectivity index (χ4n) is 2.84. The number of rotatable bonds is 15. The first-order valence-corrected chi connectivity index (χ1v) is 12.7. The van der Waals surface area contributed by atoms with Gasteiger partial charge in [-0.25, -0.2) is 4.79 Å². The third-order valence-corrected chi connectivity index (χ3v) is 6.33. The predicted octanol–water partition coefficient (Wildman–Crippen LogP) is 3.86. The van der Waals surface area contributed by atoms with E-state index in [1.165, 1.54) is 6.26 Å². The van der Waals surface area contributed by atoms with Gasteiger partial charge in [0.15, 0.2) is 0 Å². The molecule has 2 N–H and O–H groups in total. The minimum atomic E-state index is -3.10. The molecule has 0 aromatic rings. The van der Waals surface area contributed by atoms with Crippen molar-refractivity contribution in [3.05, 3.63) is 0 Å². The van der Waals surface area contributed by atoms with Crippen LogP contribution in [0, 0.1) is 11.8 Å². The van der Waals surface area contributed by atoms with Gasteiger partial charge in [-0.2, -0.15) is 0 Å². The Hall–Kier alpha value is -1.08. The SMILES string of the molecule is CCCCC(CC)COC(=O)CC(C(=O)OCC(CC)CCCC)=S(C)(N)=O. The highest BCUT2D eigenvalue weighted by molar-refractivity contribution is 8.00. The zero-order chi connectivity index (χ0) is 21.6. The third-order valence-electron chi connectivity index (χ3n) is 5.04. The minimum absolute atomic E-state index is 0.190. The van der Waals surface area contributed by atoms with Crippen LogP contribution in [0.1, 0.15) is 85.5 Å². The molecular weight excluding hydrogens is 378 g/mol. The van der Waals surface area contributed by atoms with Gasteiger partial charge in [0.2, 0.25) is 0 Å². The largest absolute Gasteiger partial charge is 0.465 e. The van der Waals surface area contributed by atoms with E-state index in [0.717, 1.165) is 51.4 Å². The number of carbonyl (C=O) groups excluding carboxylic acids is 2. The number of hydrogen-bond donors (Lipinski definition) is 1. The van der Waals surface area contributed by atoms with Crippen molar-refractivity contribution in [1.82, 2.24) is 0 Å². The van der Waals surface area contributed by atoms with E-state index in [-0.39, 0.29) is 23.8 Å². The van der Waals surface area contributed by atoms with Gasteiger partial charge in [-0.1, -0.05) is 66.2 Å². The molecule has 0 amide bonds. The Morgan fingerprint density at radius 1 is 0.893 bits per heavy atom. The van der Waals surface area contributed by atoms with Crippen molar-refractivity contribution in [3.8, 4) is 0 Å². The lowest BCUT2D eigenvalue weighted by Gasteiger charge is -2.17. The van der Waals surface area contributed by atoms with Crippen molar-refractivity contribution in [3.63, 3.8) is 0 Å². The molecule has 0 aliphatic heterocycles. The molecule has 0 aromatic carbocycles. The van der Waals surface area contributed by atoms with Gasteiger partial charge < -0.3 is 9.47 Å². The number of ether oxygens (including phenoxy) is 2. The molecule has 3 unspecified atom stereocenters. The maximum atomic E-state index is 12.4. The third kappa shape index (κ3) is 11.7. The van der Waals surface area contributed by atoms with Crippen molar-refractivity contribution in [2.75, 3.05) is 19.5 Å². The van der Waals surface area contributed by atoms with Gasteiger partial charge >= 0.3 is 11.9 Å². The van der Waals surface area contributed by atoms with Crippen LogP contribution in [-0.2, 0) is 28.8 Å². The summed E-state index contributed by atoms with van der Waals surface area (Å²) in [5, 5.41) is 5.68. The van der Waals surface area contributed by atoms with Gasteiger partial charge in [-0.15, -0.1) is 0 Å². The molecule has 28 heavy (non-hydrogen) atoms. The summed E-state index contributed by atoms with van der Waals surface area (Å²) in [6, 6.07) is 0. The molecule has 0 aliphatic carbocycles. The van der Waals surface area contributed by atoms with Gasteiger partial charge in [-0.05, 0) is 24.7 Å². The second kappa shape index (κ2) is 14.9. The smallest absolute Gasteiger partial charge is 0.343 e. The molecule has 6 nitrogen and oxygen atoms in total. The first kappa shape index (κ1) is 26.9. The second-order valence-corrected chi connectivity index (χ2v) is 9.92. The molecule has 0 heterocycles. The molecule has 0 bridgehead atoms. The van der Waals surface area contributed by atoms with E-state index >= 15 is 0 Å². The van der Waals surface area contributed by atoms with Crippen LogP contribution in [0.4, 0.5) is 0 Å². The molecule has 7 heteroatoms. The van der Waals surface area contributed by atoms with Crippen molar-refractivity contribution in [1.29, 1.82) is 0 Å². The summed E-state index contributed by atoms with van der Waals surface area (Å²) in [6.45, 7) is 8.90. The van der Waals surface area contributed by atoms with E-state index in [1.54, 1.807) is 0 Å². The van der Waals surface area contributed by atoms with E-state index < -0.39 is 21.6 Å². The molecule has 3 atom stereocenters. The fourth-order valence-corrected chi connectivity index (χ4v) is 3.64. The Labute approximate surface area is 172 Å². The van der Waals surface area contributed by atoms with Crippen LogP contribution in [0.3, 0.4) is 0 Å². The Morgan fingerprint density at radius 2 is 1.36 bits per heavy atom. The van der Waals surface area contributed by atoms with Gasteiger partial charge in [0.05, 0.1) is 19.6 Å². The first-order valence-electron chi connectivity index (χ1n) is 10.6. The highest BCUT2D eigenvalue weighted by atomic mass is 32.2. The van der Waals surface area contributed by atoms with E-state index in [1.807, 2.05) is 6.92 Å². The standard InChI is InChI=1S/C21H41NO5S/c1-6-10-12-17(8-3)15-26-20(23)14-19(28(5,22)25)21(24)27-16-18(9-4)13-11-7-2/h17-18H,6-16H2,1-5H3,(H2,22,25). The van der Waals surface area contributed by atoms with Crippen LogP contribution in [0.15, 0.2) is 0 Å². The molecule has 0 saturated carbocycles. The zero-order valence-electron chi connectivity index (χ0n) is 18.5. The summed E-state index contributed by atoms with van der Waals surface area (Å²) in [5.74, 6) is -0.779. The number of carbonyl (C=O) groups is 2. The maximum Gasteiger partial charge on any atom is 0.343 e. The summed E-state index contributed by atoms with van der Waals surface area (Å²) in [6.07, 6.45) is 8.97. The van der Waals surface area contributed by atoms with Crippen LogP contribution in [0.5, 0.6) is 0 Å². The molecule has 0 radical (unpaired) electrons. The van der Waals surface area contributed by atoms with Crippen molar-refractivity contribution >= 4 is 26.5 Å². The van der Waals surface area contributed by atoms with Crippen LogP contribution in [0.2, 0.25) is 0 Å². The lowest BCUT2D eigenvalue weighted by molar-refractivity contribution is -0.145. The molecule has 0 rings (SSSR count). The fraction of sp³-hybridized carbons (Fsp3) is 0.857. The Bertz CT molecular complexity index is 573. The molecule has 0 aromatic heterocycles. The Morgan fingerprint density at radius 3 is 1.75 bits per heavy atom. The molecule has 0 spiro atoms. The highest BCUT2D eigenvalue weighted by Crippen LogP contribution is 2.15. The monoisotopic (exact) mass is 419 g/mol. The van der Waals surface area contributed by atoms with E-state index in [9.17, 15) is 13.8 Å². The zero-order valence-corrected chi connectivity index (χ0v) is 19.3. The predicted molar refractivity (Wildman–Crippen MR) is 116 cm³/mol. The molecule has 0 saturated heterocycles. The Kier molecular flexibility index (Phi) is 14.3. The normalized spacial score (nSPS) is 15.4. The van der Waals surface area contributed by atoms with Crippen LogP contribution >= 0.6 is 0 Å². The van der Waals surface area contributed by atoms with E-state index in [4.69, 9.17) is 14.6 Å². The van der Waals surface area contributed by atoms with Crippen molar-refractivity contribution in [2.24, 2.45) is 17.0 Å². The molecule has 166 valence electrons. The lowest BCUT2D eigenvalue weighted by Crippen LogP contribution is -2.33. The van der Waals surface area contributed by atoms with Crippen molar-refractivity contribution in [2.45, 2.75) is 85.5 Å². The molecular formula is C21H41NO5S. The summed E-state index contributed by atoms with van der Waals surface area (Å²) < 4.78 is 23.0. The second-order valence-electron chi connectivity index (χ2n) is 7.62. The topological polar surface area (TPSA) is 95.7 Å². The average molecular weight is 420 g/mol. The number of hydrogen-bond acceptors (Lipinski definition) is 5. The van der Waals surface area contributed by atoms with Crippen molar-refractivity contribution < 1.29 is 23.3 Å². The van der Waals surface area contributed by atoms with Crippen LogP contribution < -0.4 is 5.14 Å². The molecule has 0 aliphatic rings. The van der Waals surface area contributed by atoms with Gasteiger partial charge in [0.25, 0.3) is 0 Å². The summed E-state index contributed by atoms with van der Waals surface area (Å²) >= 11 is 0. The van der Waals surface area contributed by atoms with E-state index in [2.05, 4.69) is 20.8 Å². The summed E-state index contributed by atoms with van der Waals surface area (Å²) in [7, 11) is -3.10. The quantitative estimate of drug-likeness (QED) is 0.321. The lowest BCUT2D eigenvalue weighted by atomic mass is 10.0. The maximum absolute atomic E-state index is 12.4. The number of unbranched alkanes of at least 4 members (excludes halogenated alkanes) is 2. The molecule has 0 fully saturated rings. The first-order chi connectivity index (χ1) is 13.2. The minimum Gasteiger partial charge on any atom is -0.465 e. The van der Waals surface area contributed by atoms with Gasteiger partial charge in [-0.3, -0.25) is 14.1 Å².